The lowest BCUT2D eigenvalue weighted by Crippen LogP contribution is -2.18. The zero-order valence-electron chi connectivity index (χ0n) is 9.88. The van der Waals surface area contributed by atoms with Gasteiger partial charge in [-0.2, -0.15) is 5.26 Å². The van der Waals surface area contributed by atoms with Gasteiger partial charge in [0.1, 0.15) is 6.07 Å². The van der Waals surface area contributed by atoms with E-state index in [9.17, 15) is 0 Å². The SMILES string of the molecule is N#Cc1cc(NC2CCCCCC2)ccc1Cl. The first-order valence-corrected chi connectivity index (χ1v) is 6.63. The third-order valence-electron chi connectivity index (χ3n) is 3.31. The van der Waals surface area contributed by atoms with Gasteiger partial charge >= 0.3 is 0 Å². The summed E-state index contributed by atoms with van der Waals surface area (Å²) >= 11 is 5.91. The summed E-state index contributed by atoms with van der Waals surface area (Å²) in [6, 6.07) is 8.24. The second-order valence-corrected chi connectivity index (χ2v) is 5.05. The van der Waals surface area contributed by atoms with E-state index in [1.807, 2.05) is 12.1 Å². The Hall–Kier alpha value is -1.20. The third-order valence-corrected chi connectivity index (χ3v) is 3.64. The largest absolute Gasteiger partial charge is 0.382 e. The molecule has 0 bridgehead atoms. The molecule has 0 aliphatic heterocycles. The fraction of sp³-hybridized carbons (Fsp3) is 0.500. The molecule has 0 unspecified atom stereocenters. The van der Waals surface area contributed by atoms with Gasteiger partial charge in [-0.15, -0.1) is 0 Å². The zero-order chi connectivity index (χ0) is 12.1. The van der Waals surface area contributed by atoms with Crippen LogP contribution in [0.2, 0.25) is 5.02 Å². The molecule has 2 rings (SSSR count). The highest BCUT2D eigenvalue weighted by atomic mass is 35.5. The predicted octanol–water partition coefficient (Wildman–Crippen LogP) is 4.35. The number of hydrogen-bond acceptors (Lipinski definition) is 2. The maximum atomic E-state index is 8.93. The maximum Gasteiger partial charge on any atom is 0.101 e. The number of halogens is 1. The molecular formula is C14H17ClN2. The van der Waals surface area contributed by atoms with Crippen LogP contribution >= 0.6 is 11.6 Å². The first kappa shape index (κ1) is 12.3. The number of nitrogens with one attached hydrogen (secondary N) is 1. The summed E-state index contributed by atoms with van der Waals surface area (Å²) in [5, 5.41) is 13.0. The molecule has 90 valence electrons. The van der Waals surface area contributed by atoms with E-state index in [0.29, 0.717) is 16.6 Å². The molecule has 1 saturated carbocycles. The van der Waals surface area contributed by atoms with Crippen molar-refractivity contribution in [2.45, 2.75) is 44.6 Å². The first-order valence-electron chi connectivity index (χ1n) is 6.26. The van der Waals surface area contributed by atoms with E-state index in [2.05, 4.69) is 11.4 Å². The minimum absolute atomic E-state index is 0.527. The molecule has 0 heterocycles. The van der Waals surface area contributed by atoms with E-state index in [4.69, 9.17) is 16.9 Å². The monoisotopic (exact) mass is 248 g/mol. The fourth-order valence-electron chi connectivity index (χ4n) is 2.36. The minimum Gasteiger partial charge on any atom is -0.382 e. The van der Waals surface area contributed by atoms with Crippen molar-refractivity contribution in [1.82, 2.24) is 0 Å². The van der Waals surface area contributed by atoms with E-state index in [0.717, 1.165) is 5.69 Å². The van der Waals surface area contributed by atoms with E-state index in [1.54, 1.807) is 6.07 Å². The second-order valence-electron chi connectivity index (χ2n) is 4.64. The average Bonchev–Trinajstić information content (AvgIpc) is 2.60. The molecule has 1 aliphatic rings. The van der Waals surface area contributed by atoms with Crippen LogP contribution in [0.5, 0.6) is 0 Å². The van der Waals surface area contributed by atoms with Gasteiger partial charge in [-0.1, -0.05) is 37.3 Å². The lowest BCUT2D eigenvalue weighted by Gasteiger charge is -2.17. The van der Waals surface area contributed by atoms with Crippen LogP contribution in [0.1, 0.15) is 44.1 Å². The highest BCUT2D eigenvalue weighted by Crippen LogP contribution is 2.24. The second kappa shape index (κ2) is 5.93. The van der Waals surface area contributed by atoms with Gasteiger partial charge in [0.2, 0.25) is 0 Å². The number of anilines is 1. The molecule has 1 fully saturated rings. The third kappa shape index (κ3) is 3.38. The van der Waals surface area contributed by atoms with Gasteiger partial charge < -0.3 is 5.32 Å². The Morgan fingerprint density at radius 1 is 1.18 bits per heavy atom. The first-order chi connectivity index (χ1) is 8.29. The van der Waals surface area contributed by atoms with Gasteiger partial charge in [0.15, 0.2) is 0 Å². The van der Waals surface area contributed by atoms with Crippen molar-refractivity contribution >= 4 is 17.3 Å². The molecule has 17 heavy (non-hydrogen) atoms. The molecule has 1 N–H and O–H groups in total. The van der Waals surface area contributed by atoms with Gasteiger partial charge in [-0.05, 0) is 31.0 Å². The normalized spacial score (nSPS) is 17.2. The molecule has 0 atom stereocenters. The highest BCUT2D eigenvalue weighted by molar-refractivity contribution is 6.31. The van der Waals surface area contributed by atoms with Crippen molar-refractivity contribution in [3.05, 3.63) is 28.8 Å². The summed E-state index contributed by atoms with van der Waals surface area (Å²) in [6.45, 7) is 0. The lowest BCUT2D eigenvalue weighted by atomic mass is 10.1. The lowest BCUT2D eigenvalue weighted by molar-refractivity contribution is 0.620. The summed E-state index contributed by atoms with van der Waals surface area (Å²) in [4.78, 5) is 0. The Bertz CT molecular complexity index is 415. The molecule has 0 amide bonds. The van der Waals surface area contributed by atoms with E-state index in [1.165, 1.54) is 38.5 Å². The number of nitriles is 1. The van der Waals surface area contributed by atoms with Gasteiger partial charge in [0, 0.05) is 11.7 Å². The zero-order valence-corrected chi connectivity index (χ0v) is 10.6. The molecule has 1 aromatic carbocycles. The van der Waals surface area contributed by atoms with Crippen molar-refractivity contribution in [1.29, 1.82) is 5.26 Å². The van der Waals surface area contributed by atoms with Gasteiger partial charge in [-0.3, -0.25) is 0 Å². The molecule has 1 aromatic rings. The van der Waals surface area contributed by atoms with Crippen molar-refractivity contribution in [3.8, 4) is 6.07 Å². The van der Waals surface area contributed by atoms with Crippen molar-refractivity contribution < 1.29 is 0 Å². The van der Waals surface area contributed by atoms with Crippen LogP contribution in [0.15, 0.2) is 18.2 Å². The van der Waals surface area contributed by atoms with Crippen molar-refractivity contribution in [2.75, 3.05) is 5.32 Å². The number of hydrogen-bond donors (Lipinski definition) is 1. The van der Waals surface area contributed by atoms with Gasteiger partial charge in [-0.25, -0.2) is 0 Å². The molecule has 2 nitrogen and oxygen atoms in total. The smallest absolute Gasteiger partial charge is 0.101 e. The highest BCUT2D eigenvalue weighted by Gasteiger charge is 2.12. The van der Waals surface area contributed by atoms with Crippen molar-refractivity contribution in [2.24, 2.45) is 0 Å². The molecule has 1 aliphatic carbocycles. The van der Waals surface area contributed by atoms with Gasteiger partial charge in [0.05, 0.1) is 10.6 Å². The Morgan fingerprint density at radius 3 is 2.53 bits per heavy atom. The molecule has 0 saturated heterocycles. The van der Waals surface area contributed by atoms with E-state index < -0.39 is 0 Å². The van der Waals surface area contributed by atoms with Crippen LogP contribution < -0.4 is 5.32 Å². The van der Waals surface area contributed by atoms with Crippen LogP contribution in [0, 0.1) is 11.3 Å². The standard InChI is InChI=1S/C14H17ClN2/c15-14-8-7-13(9-11(14)10-16)17-12-5-3-1-2-4-6-12/h7-9,12,17H,1-6H2. The topological polar surface area (TPSA) is 35.8 Å². The summed E-state index contributed by atoms with van der Waals surface area (Å²) in [5.41, 5.74) is 1.56. The van der Waals surface area contributed by atoms with Crippen molar-refractivity contribution in [3.63, 3.8) is 0 Å². The molecule has 0 radical (unpaired) electrons. The van der Waals surface area contributed by atoms with E-state index in [-0.39, 0.29) is 0 Å². The summed E-state index contributed by atoms with van der Waals surface area (Å²) in [6.07, 6.45) is 7.76. The maximum absolute atomic E-state index is 8.93. The molecule has 0 aromatic heterocycles. The summed E-state index contributed by atoms with van der Waals surface area (Å²) in [5.74, 6) is 0. The van der Waals surface area contributed by atoms with Gasteiger partial charge in [0.25, 0.3) is 0 Å². The fourth-order valence-corrected chi connectivity index (χ4v) is 2.52. The number of benzene rings is 1. The predicted molar refractivity (Wildman–Crippen MR) is 71.3 cm³/mol. The molecule has 3 heteroatoms. The minimum atomic E-state index is 0.527. The number of nitrogens with zero attached hydrogens (tertiary/aromatic N) is 1. The van der Waals surface area contributed by atoms with Crippen LogP contribution in [-0.2, 0) is 0 Å². The Kier molecular flexibility index (Phi) is 4.28. The number of rotatable bonds is 2. The van der Waals surface area contributed by atoms with Crippen LogP contribution in [-0.4, -0.2) is 6.04 Å². The Morgan fingerprint density at radius 2 is 1.88 bits per heavy atom. The summed E-state index contributed by atoms with van der Waals surface area (Å²) in [7, 11) is 0. The van der Waals surface area contributed by atoms with E-state index >= 15 is 0 Å². The van der Waals surface area contributed by atoms with Crippen LogP contribution in [0.4, 0.5) is 5.69 Å². The quantitative estimate of drug-likeness (QED) is 0.790. The Labute approximate surface area is 108 Å². The summed E-state index contributed by atoms with van der Waals surface area (Å²) < 4.78 is 0. The van der Waals surface area contributed by atoms with Crippen LogP contribution in [0.25, 0.3) is 0 Å². The average molecular weight is 249 g/mol. The Balaban J connectivity index is 2.05. The molecular weight excluding hydrogens is 232 g/mol. The van der Waals surface area contributed by atoms with Crippen LogP contribution in [0.3, 0.4) is 0 Å². The molecule has 0 spiro atoms.